The quantitative estimate of drug-likeness (QED) is 0.662. The van der Waals surface area contributed by atoms with Crippen LogP contribution < -0.4 is 10.6 Å². The molecule has 3 atom stereocenters. The minimum absolute atomic E-state index is 0.0557. The molecule has 6 nitrogen and oxygen atoms in total. The Kier molecular flexibility index (Phi) is 5.91. The zero-order valence-corrected chi connectivity index (χ0v) is 10.9. The number of rotatable bonds is 6. The van der Waals surface area contributed by atoms with Crippen LogP contribution in [0.3, 0.4) is 0 Å². The second-order valence-electron chi connectivity index (χ2n) is 4.86. The van der Waals surface area contributed by atoms with Crippen LogP contribution in [-0.2, 0) is 9.53 Å². The van der Waals surface area contributed by atoms with Crippen molar-refractivity contribution in [2.75, 3.05) is 13.2 Å². The topological polar surface area (TPSA) is 87.7 Å². The Morgan fingerprint density at radius 2 is 2.22 bits per heavy atom. The van der Waals surface area contributed by atoms with Crippen LogP contribution >= 0.6 is 0 Å². The lowest BCUT2D eigenvalue weighted by molar-refractivity contribution is -0.137. The van der Waals surface area contributed by atoms with Crippen LogP contribution in [0.15, 0.2) is 0 Å². The van der Waals surface area contributed by atoms with E-state index in [1.165, 1.54) is 0 Å². The smallest absolute Gasteiger partial charge is 0.315 e. The predicted molar refractivity (Wildman–Crippen MR) is 66.4 cm³/mol. The Balaban J connectivity index is 2.14. The van der Waals surface area contributed by atoms with Gasteiger partial charge in [-0.15, -0.1) is 0 Å². The maximum atomic E-state index is 11.6. The molecule has 6 heteroatoms. The first-order chi connectivity index (χ1) is 8.49. The van der Waals surface area contributed by atoms with Gasteiger partial charge in [-0.25, -0.2) is 4.79 Å². The molecule has 3 N–H and O–H groups in total. The summed E-state index contributed by atoms with van der Waals surface area (Å²) < 4.78 is 5.35. The van der Waals surface area contributed by atoms with E-state index in [-0.39, 0.29) is 30.5 Å². The Labute approximate surface area is 107 Å². The van der Waals surface area contributed by atoms with Crippen LogP contribution in [0.4, 0.5) is 4.79 Å². The normalized spacial score (nSPS) is 24.6. The summed E-state index contributed by atoms with van der Waals surface area (Å²) in [5, 5.41) is 14.2. The fourth-order valence-electron chi connectivity index (χ4n) is 1.88. The lowest BCUT2D eigenvalue weighted by Gasteiger charge is -2.18. The lowest BCUT2D eigenvalue weighted by atomic mass is 10.1. The summed E-state index contributed by atoms with van der Waals surface area (Å²) >= 11 is 0. The van der Waals surface area contributed by atoms with E-state index in [0.29, 0.717) is 19.6 Å². The van der Waals surface area contributed by atoms with Crippen LogP contribution in [0.2, 0.25) is 0 Å². The van der Waals surface area contributed by atoms with E-state index in [2.05, 4.69) is 10.6 Å². The van der Waals surface area contributed by atoms with Crippen molar-refractivity contribution in [3.63, 3.8) is 0 Å². The van der Waals surface area contributed by atoms with Gasteiger partial charge in [-0.2, -0.15) is 0 Å². The van der Waals surface area contributed by atoms with Gasteiger partial charge in [0.25, 0.3) is 0 Å². The van der Waals surface area contributed by atoms with Gasteiger partial charge >= 0.3 is 12.0 Å². The number of urea groups is 1. The number of hydrogen-bond donors (Lipinski definition) is 3. The van der Waals surface area contributed by atoms with Crippen molar-refractivity contribution in [3.05, 3.63) is 0 Å². The molecule has 104 valence electrons. The largest absolute Gasteiger partial charge is 0.481 e. The van der Waals surface area contributed by atoms with Gasteiger partial charge in [0.2, 0.25) is 0 Å². The maximum Gasteiger partial charge on any atom is 0.315 e. The highest BCUT2D eigenvalue weighted by molar-refractivity contribution is 5.74. The van der Waals surface area contributed by atoms with Crippen LogP contribution in [0.5, 0.6) is 0 Å². The molecule has 2 amide bonds. The van der Waals surface area contributed by atoms with E-state index >= 15 is 0 Å². The zero-order chi connectivity index (χ0) is 13.5. The molecule has 1 fully saturated rings. The molecule has 1 saturated heterocycles. The zero-order valence-electron chi connectivity index (χ0n) is 10.9. The molecule has 0 aromatic carbocycles. The Bertz CT molecular complexity index is 296. The standard InChI is InChI=1S/C12H22N2O4/c1-8(3-4-11(15)16)7-13-12(17)14-10-5-6-18-9(10)2/h8-10H,3-7H2,1-2H3,(H,15,16)(H2,13,14,17). The van der Waals surface area contributed by atoms with Crippen LogP contribution in [0.25, 0.3) is 0 Å². The highest BCUT2D eigenvalue weighted by atomic mass is 16.5. The second-order valence-corrected chi connectivity index (χ2v) is 4.86. The van der Waals surface area contributed by atoms with Crippen LogP contribution in [0, 0.1) is 5.92 Å². The first kappa shape index (κ1) is 14.8. The molecule has 0 aromatic rings. The third-order valence-electron chi connectivity index (χ3n) is 3.15. The predicted octanol–water partition coefficient (Wildman–Crippen LogP) is 0.964. The van der Waals surface area contributed by atoms with E-state index < -0.39 is 5.97 Å². The molecule has 0 bridgehead atoms. The molecule has 3 unspecified atom stereocenters. The van der Waals surface area contributed by atoms with Crippen LogP contribution in [0.1, 0.15) is 33.1 Å². The van der Waals surface area contributed by atoms with Crippen molar-refractivity contribution >= 4 is 12.0 Å². The van der Waals surface area contributed by atoms with Gasteiger partial charge in [0, 0.05) is 19.6 Å². The van der Waals surface area contributed by atoms with Crippen molar-refractivity contribution < 1.29 is 19.4 Å². The van der Waals surface area contributed by atoms with Crippen molar-refractivity contribution in [1.29, 1.82) is 0 Å². The molecule has 0 spiro atoms. The fourth-order valence-corrected chi connectivity index (χ4v) is 1.88. The average molecular weight is 258 g/mol. The summed E-state index contributed by atoms with van der Waals surface area (Å²) in [6, 6.07) is -0.140. The first-order valence-corrected chi connectivity index (χ1v) is 6.36. The number of amides is 2. The van der Waals surface area contributed by atoms with E-state index in [1.807, 2.05) is 13.8 Å². The molecule has 1 aliphatic rings. The van der Waals surface area contributed by atoms with Gasteiger partial charge in [-0.05, 0) is 25.7 Å². The molecule has 0 aromatic heterocycles. The summed E-state index contributed by atoms with van der Waals surface area (Å²) in [4.78, 5) is 22.0. The Hall–Kier alpha value is -1.30. The number of carbonyl (C=O) groups is 2. The average Bonchev–Trinajstić information content (AvgIpc) is 2.69. The number of carboxylic acids is 1. The molecule has 1 rings (SSSR count). The van der Waals surface area contributed by atoms with Crippen LogP contribution in [-0.4, -0.2) is 42.4 Å². The van der Waals surface area contributed by atoms with Gasteiger partial charge in [0.15, 0.2) is 0 Å². The van der Waals surface area contributed by atoms with Gasteiger partial charge in [-0.1, -0.05) is 6.92 Å². The second kappa shape index (κ2) is 7.20. The van der Waals surface area contributed by atoms with Crippen molar-refractivity contribution in [3.8, 4) is 0 Å². The molecule has 0 saturated carbocycles. The monoisotopic (exact) mass is 258 g/mol. The summed E-state index contributed by atoms with van der Waals surface area (Å²) in [7, 11) is 0. The highest BCUT2D eigenvalue weighted by Crippen LogP contribution is 2.12. The van der Waals surface area contributed by atoms with Gasteiger partial charge < -0.3 is 20.5 Å². The number of hydrogen-bond acceptors (Lipinski definition) is 3. The van der Waals surface area contributed by atoms with E-state index in [4.69, 9.17) is 9.84 Å². The van der Waals surface area contributed by atoms with E-state index in [1.54, 1.807) is 0 Å². The molecule has 0 aliphatic carbocycles. The summed E-state index contributed by atoms with van der Waals surface area (Å²) in [5.41, 5.74) is 0. The lowest BCUT2D eigenvalue weighted by Crippen LogP contribution is -2.45. The molecule has 18 heavy (non-hydrogen) atoms. The Morgan fingerprint density at radius 1 is 1.50 bits per heavy atom. The minimum Gasteiger partial charge on any atom is -0.481 e. The summed E-state index contributed by atoms with van der Waals surface area (Å²) in [6.07, 6.45) is 1.60. The fraction of sp³-hybridized carbons (Fsp3) is 0.833. The van der Waals surface area contributed by atoms with Crippen molar-refractivity contribution in [2.45, 2.75) is 45.3 Å². The Morgan fingerprint density at radius 3 is 2.78 bits per heavy atom. The number of nitrogens with one attached hydrogen (secondary N) is 2. The van der Waals surface area contributed by atoms with Gasteiger partial charge in [0.1, 0.15) is 0 Å². The number of aliphatic carboxylic acids is 1. The van der Waals surface area contributed by atoms with Gasteiger partial charge in [0.05, 0.1) is 12.1 Å². The number of carboxylic acid groups (broad SMARTS) is 1. The first-order valence-electron chi connectivity index (χ1n) is 6.36. The number of ether oxygens (including phenoxy) is 1. The summed E-state index contributed by atoms with van der Waals surface area (Å²) in [6.45, 7) is 5.03. The summed E-state index contributed by atoms with van der Waals surface area (Å²) in [5.74, 6) is -0.646. The third kappa shape index (κ3) is 5.35. The molecular formula is C12H22N2O4. The minimum atomic E-state index is -0.803. The van der Waals surface area contributed by atoms with Crippen molar-refractivity contribution in [2.24, 2.45) is 5.92 Å². The van der Waals surface area contributed by atoms with Gasteiger partial charge in [-0.3, -0.25) is 4.79 Å². The molecular weight excluding hydrogens is 236 g/mol. The van der Waals surface area contributed by atoms with Crippen molar-refractivity contribution in [1.82, 2.24) is 10.6 Å². The number of carbonyl (C=O) groups excluding carboxylic acids is 1. The molecule has 0 radical (unpaired) electrons. The molecule has 1 aliphatic heterocycles. The van der Waals surface area contributed by atoms with E-state index in [0.717, 1.165) is 6.42 Å². The third-order valence-corrected chi connectivity index (χ3v) is 3.15. The van der Waals surface area contributed by atoms with E-state index in [9.17, 15) is 9.59 Å². The maximum absolute atomic E-state index is 11.6. The highest BCUT2D eigenvalue weighted by Gasteiger charge is 2.25. The molecule has 1 heterocycles. The SMILES string of the molecule is CC(CCC(=O)O)CNC(=O)NC1CCOC1C.